The van der Waals surface area contributed by atoms with Crippen LogP contribution in [-0.4, -0.2) is 23.3 Å². The molecule has 0 bridgehead atoms. The number of rotatable bonds is 8. The van der Waals surface area contributed by atoms with Gasteiger partial charge in [0.1, 0.15) is 0 Å². The van der Waals surface area contributed by atoms with Crippen molar-refractivity contribution in [1.29, 1.82) is 0 Å². The van der Waals surface area contributed by atoms with Crippen molar-refractivity contribution in [2.75, 3.05) is 11.9 Å². The first-order chi connectivity index (χ1) is 13.9. The second-order valence-corrected chi connectivity index (χ2v) is 8.50. The molecule has 5 nitrogen and oxygen atoms in total. The van der Waals surface area contributed by atoms with Crippen molar-refractivity contribution in [2.45, 2.75) is 46.5 Å². The molecule has 0 aliphatic heterocycles. The van der Waals surface area contributed by atoms with Crippen LogP contribution in [0, 0.1) is 20.8 Å². The van der Waals surface area contributed by atoms with Gasteiger partial charge in [0.05, 0.1) is 21.8 Å². The number of carbonyl (C=O) groups is 2. The molecule has 0 saturated heterocycles. The number of amides is 2. The zero-order valence-corrected chi connectivity index (χ0v) is 18.0. The molecule has 0 radical (unpaired) electrons. The number of hydrogen-bond donors (Lipinski definition) is 2. The lowest BCUT2D eigenvalue weighted by Gasteiger charge is -2.13. The molecular formula is C23H27N3O2S. The minimum atomic E-state index is -0.206. The van der Waals surface area contributed by atoms with E-state index in [1.807, 2.05) is 51.1 Å². The first-order valence-electron chi connectivity index (χ1n) is 9.91. The third-order valence-electron chi connectivity index (χ3n) is 4.77. The van der Waals surface area contributed by atoms with Crippen LogP contribution in [0.15, 0.2) is 36.4 Å². The lowest BCUT2D eigenvalue weighted by Crippen LogP contribution is -2.33. The highest BCUT2D eigenvalue weighted by molar-refractivity contribution is 7.18. The van der Waals surface area contributed by atoms with Crippen LogP contribution in [0.3, 0.4) is 0 Å². The molecule has 0 aliphatic carbocycles. The minimum Gasteiger partial charge on any atom is -0.347 e. The summed E-state index contributed by atoms with van der Waals surface area (Å²) in [7, 11) is 0. The first-order valence-corrected chi connectivity index (χ1v) is 10.7. The second kappa shape index (κ2) is 9.65. The number of aryl methyl sites for hydroxylation is 4. The summed E-state index contributed by atoms with van der Waals surface area (Å²) in [5.74, 6) is -0.301. The van der Waals surface area contributed by atoms with E-state index >= 15 is 0 Å². The fourth-order valence-electron chi connectivity index (χ4n) is 3.42. The Labute approximate surface area is 175 Å². The number of benzene rings is 2. The molecule has 6 heteroatoms. The van der Waals surface area contributed by atoms with Crippen LogP contribution in [0.25, 0.3) is 10.2 Å². The summed E-state index contributed by atoms with van der Waals surface area (Å²) in [4.78, 5) is 28.8. The molecule has 0 saturated carbocycles. The zero-order chi connectivity index (χ0) is 20.8. The van der Waals surface area contributed by atoms with Crippen LogP contribution in [0.1, 0.15) is 41.0 Å². The monoisotopic (exact) mass is 409 g/mol. The van der Waals surface area contributed by atoms with Crippen LogP contribution in [0.2, 0.25) is 0 Å². The lowest BCUT2D eigenvalue weighted by molar-refractivity contribution is -0.124. The van der Waals surface area contributed by atoms with Gasteiger partial charge in [-0.05, 0) is 63.3 Å². The average Bonchev–Trinajstić information content (AvgIpc) is 3.09. The van der Waals surface area contributed by atoms with Gasteiger partial charge in [0, 0.05) is 12.1 Å². The van der Waals surface area contributed by atoms with Crippen LogP contribution in [0.5, 0.6) is 0 Å². The molecule has 2 amide bonds. The molecule has 2 aromatic carbocycles. The Kier molecular flexibility index (Phi) is 6.99. The molecule has 0 spiro atoms. The van der Waals surface area contributed by atoms with E-state index in [1.165, 1.54) is 4.70 Å². The molecule has 29 heavy (non-hydrogen) atoms. The molecule has 1 heterocycles. The smallest absolute Gasteiger partial charge is 0.243 e. The maximum absolute atomic E-state index is 12.2. The van der Waals surface area contributed by atoms with Gasteiger partial charge in [-0.2, -0.15) is 0 Å². The second-order valence-electron chi connectivity index (χ2n) is 7.38. The predicted molar refractivity (Wildman–Crippen MR) is 119 cm³/mol. The molecule has 2 N–H and O–H groups in total. The van der Waals surface area contributed by atoms with E-state index in [0.717, 1.165) is 52.2 Å². The summed E-state index contributed by atoms with van der Waals surface area (Å²) < 4.78 is 1.20. The van der Waals surface area contributed by atoms with Crippen molar-refractivity contribution in [2.24, 2.45) is 0 Å². The summed E-state index contributed by atoms with van der Waals surface area (Å²) in [6.07, 6.45) is 2.97. The zero-order valence-electron chi connectivity index (χ0n) is 17.2. The molecule has 0 fully saturated rings. The van der Waals surface area contributed by atoms with Gasteiger partial charge in [0.2, 0.25) is 11.8 Å². The largest absolute Gasteiger partial charge is 0.347 e. The van der Waals surface area contributed by atoms with Gasteiger partial charge < -0.3 is 10.6 Å². The maximum atomic E-state index is 12.2. The molecule has 0 aliphatic rings. The Balaban J connectivity index is 1.37. The van der Waals surface area contributed by atoms with E-state index in [1.54, 1.807) is 11.3 Å². The standard InChI is InChI=1S/C23H27N3O2S/c1-15-12-16(2)23(17(3)13-15)26-21(28)14-24-20(27)10-6-7-11-22-25-18-8-4-5-9-19(18)29-22/h4-5,8-9,12-13H,6-7,10-11,14H2,1-3H3,(H,24,27)(H,26,28). The van der Waals surface area contributed by atoms with Crippen molar-refractivity contribution in [3.05, 3.63) is 58.1 Å². The van der Waals surface area contributed by atoms with Gasteiger partial charge in [-0.25, -0.2) is 4.98 Å². The normalized spacial score (nSPS) is 10.9. The van der Waals surface area contributed by atoms with Crippen molar-refractivity contribution >= 4 is 39.1 Å². The van der Waals surface area contributed by atoms with Gasteiger partial charge >= 0.3 is 0 Å². The number of aromatic nitrogens is 1. The van der Waals surface area contributed by atoms with Gasteiger partial charge in [0.25, 0.3) is 0 Å². The number of hydrogen-bond acceptors (Lipinski definition) is 4. The SMILES string of the molecule is Cc1cc(C)c(NC(=O)CNC(=O)CCCCc2nc3ccccc3s2)c(C)c1. The topological polar surface area (TPSA) is 71.1 Å². The number of fused-ring (bicyclic) bond motifs is 1. The van der Waals surface area contributed by atoms with Gasteiger partial charge in [0.15, 0.2) is 0 Å². The van der Waals surface area contributed by atoms with E-state index in [-0.39, 0.29) is 18.4 Å². The summed E-state index contributed by atoms with van der Waals surface area (Å²) in [5, 5.41) is 6.72. The minimum absolute atomic E-state index is 0.0105. The molecule has 3 rings (SSSR count). The number of para-hydroxylation sites is 1. The van der Waals surface area contributed by atoms with E-state index < -0.39 is 0 Å². The fraction of sp³-hybridized carbons (Fsp3) is 0.348. The molecule has 3 aromatic rings. The fourth-order valence-corrected chi connectivity index (χ4v) is 4.43. The van der Waals surface area contributed by atoms with Crippen LogP contribution in [-0.2, 0) is 16.0 Å². The summed E-state index contributed by atoms with van der Waals surface area (Å²) in [5.41, 5.74) is 5.08. The Morgan fingerprint density at radius 2 is 1.72 bits per heavy atom. The Morgan fingerprint density at radius 3 is 2.45 bits per heavy atom. The number of thiazole rings is 1. The Bertz CT molecular complexity index is 970. The van der Waals surface area contributed by atoms with Crippen LogP contribution in [0.4, 0.5) is 5.69 Å². The highest BCUT2D eigenvalue weighted by atomic mass is 32.1. The van der Waals surface area contributed by atoms with Gasteiger partial charge in [-0.3, -0.25) is 9.59 Å². The molecule has 0 unspecified atom stereocenters. The molecule has 152 valence electrons. The third-order valence-corrected chi connectivity index (χ3v) is 5.87. The van der Waals surface area contributed by atoms with E-state index in [4.69, 9.17) is 0 Å². The van der Waals surface area contributed by atoms with E-state index in [0.29, 0.717) is 6.42 Å². The van der Waals surface area contributed by atoms with Crippen LogP contribution < -0.4 is 10.6 Å². The highest BCUT2D eigenvalue weighted by Crippen LogP contribution is 2.23. The number of unbranched alkanes of at least 4 members (excludes halogenated alkanes) is 1. The first kappa shape index (κ1) is 21.0. The summed E-state index contributed by atoms with van der Waals surface area (Å²) >= 11 is 1.71. The number of carbonyl (C=O) groups excluding carboxylic acids is 2. The van der Waals surface area contributed by atoms with Gasteiger partial charge in [-0.15, -0.1) is 11.3 Å². The van der Waals surface area contributed by atoms with Crippen molar-refractivity contribution in [3.63, 3.8) is 0 Å². The number of nitrogens with one attached hydrogen (secondary N) is 2. The molecule has 0 atom stereocenters. The van der Waals surface area contributed by atoms with Crippen molar-refractivity contribution < 1.29 is 9.59 Å². The lowest BCUT2D eigenvalue weighted by atomic mass is 10.1. The number of anilines is 1. The van der Waals surface area contributed by atoms with Crippen molar-refractivity contribution in [1.82, 2.24) is 10.3 Å². The van der Waals surface area contributed by atoms with Crippen molar-refractivity contribution in [3.8, 4) is 0 Å². The predicted octanol–water partition coefficient (Wildman–Crippen LogP) is 4.69. The van der Waals surface area contributed by atoms with Crippen LogP contribution >= 0.6 is 11.3 Å². The Hall–Kier alpha value is -2.73. The average molecular weight is 410 g/mol. The molecular weight excluding hydrogens is 382 g/mol. The van der Waals surface area contributed by atoms with E-state index in [2.05, 4.69) is 21.7 Å². The molecule has 1 aromatic heterocycles. The quantitative estimate of drug-likeness (QED) is 0.530. The van der Waals surface area contributed by atoms with E-state index in [9.17, 15) is 9.59 Å². The Morgan fingerprint density at radius 1 is 1.00 bits per heavy atom. The maximum Gasteiger partial charge on any atom is 0.243 e. The third kappa shape index (κ3) is 5.87. The number of nitrogens with zero attached hydrogens (tertiary/aromatic N) is 1. The summed E-state index contributed by atoms with van der Waals surface area (Å²) in [6, 6.07) is 12.2. The summed E-state index contributed by atoms with van der Waals surface area (Å²) in [6.45, 7) is 5.96. The van der Waals surface area contributed by atoms with Gasteiger partial charge in [-0.1, -0.05) is 29.8 Å². The highest BCUT2D eigenvalue weighted by Gasteiger charge is 2.10.